The summed E-state index contributed by atoms with van der Waals surface area (Å²) in [4.78, 5) is 2.57. The molecule has 0 heterocycles. The molecule has 1 nitrogen and oxygen atoms in total. The minimum Gasteiger partial charge on any atom is -0.309 e. The van der Waals surface area contributed by atoms with E-state index < -0.39 is 0 Å². The van der Waals surface area contributed by atoms with Gasteiger partial charge < -0.3 is 4.90 Å². The molecule has 4 bridgehead atoms. The molecule has 0 radical (unpaired) electrons. The zero-order chi connectivity index (χ0) is 41.5. The lowest BCUT2D eigenvalue weighted by Crippen LogP contribution is -2.55. The number of fused-ring (bicyclic) bond motifs is 4. The van der Waals surface area contributed by atoms with Gasteiger partial charge in [-0.2, -0.15) is 0 Å². The second-order valence-corrected chi connectivity index (χ2v) is 19.8. The topological polar surface area (TPSA) is 3.24 Å². The average molecular weight is 814 g/mol. The maximum Gasteiger partial charge on any atom is 0.0540 e. The van der Waals surface area contributed by atoms with Gasteiger partial charge in [0.25, 0.3) is 0 Å². The van der Waals surface area contributed by atoms with Crippen LogP contribution in [-0.2, 0) is 5.41 Å². The van der Waals surface area contributed by atoms with E-state index in [0.29, 0.717) is 5.92 Å². The van der Waals surface area contributed by atoms with Gasteiger partial charge in [-0.1, -0.05) is 171 Å². The summed E-state index contributed by atoms with van der Waals surface area (Å²) in [7, 11) is 0. The number of benzene rings is 8. The molecule has 0 atom stereocenters. The SMILES string of the molecule is c1ccc(-c2ccc(N(c3ccccc3-c3ccc4c(c3)C3(c5ccccc5-4)C4CC5CC(C4)CC3C5)c3ccccc3-c3cccc4cccc(C5CCCCC5)c34)cc2)cc1. The Balaban J connectivity index is 1.01. The maximum atomic E-state index is 2.67. The molecule has 63 heavy (non-hydrogen) atoms. The smallest absolute Gasteiger partial charge is 0.0540 e. The van der Waals surface area contributed by atoms with Crippen molar-refractivity contribution >= 4 is 27.8 Å². The largest absolute Gasteiger partial charge is 0.309 e. The van der Waals surface area contributed by atoms with Crippen molar-refractivity contribution in [2.24, 2.45) is 23.7 Å². The van der Waals surface area contributed by atoms with E-state index in [1.807, 2.05) is 0 Å². The molecule has 5 saturated carbocycles. The molecule has 308 valence electrons. The van der Waals surface area contributed by atoms with Gasteiger partial charge in [0.15, 0.2) is 0 Å². The van der Waals surface area contributed by atoms with E-state index in [1.165, 1.54) is 136 Å². The molecule has 6 aliphatic rings. The van der Waals surface area contributed by atoms with Gasteiger partial charge in [0.1, 0.15) is 0 Å². The van der Waals surface area contributed by atoms with Crippen molar-refractivity contribution in [1.82, 2.24) is 0 Å². The number of hydrogen-bond donors (Lipinski definition) is 0. The average Bonchev–Trinajstić information content (AvgIpc) is 3.64. The van der Waals surface area contributed by atoms with Crippen LogP contribution in [0.25, 0.3) is 55.3 Å². The van der Waals surface area contributed by atoms with Gasteiger partial charge in [-0.25, -0.2) is 0 Å². The van der Waals surface area contributed by atoms with Crippen molar-refractivity contribution in [2.75, 3.05) is 4.90 Å². The van der Waals surface area contributed by atoms with E-state index in [-0.39, 0.29) is 5.41 Å². The van der Waals surface area contributed by atoms with Gasteiger partial charge in [0.05, 0.1) is 11.4 Å². The third-order valence-corrected chi connectivity index (χ3v) is 16.7. The summed E-state index contributed by atoms with van der Waals surface area (Å²) in [6.45, 7) is 0. The van der Waals surface area contributed by atoms with E-state index in [4.69, 9.17) is 0 Å². The Morgan fingerprint density at radius 3 is 1.71 bits per heavy atom. The highest BCUT2D eigenvalue weighted by atomic mass is 15.1. The maximum absolute atomic E-state index is 2.67. The predicted octanol–water partition coefficient (Wildman–Crippen LogP) is 17.1. The summed E-state index contributed by atoms with van der Waals surface area (Å²) in [6.07, 6.45) is 13.6. The molecule has 8 aromatic rings. The van der Waals surface area contributed by atoms with Gasteiger partial charge in [-0.15, -0.1) is 0 Å². The van der Waals surface area contributed by atoms with Crippen LogP contribution in [0.1, 0.15) is 86.8 Å². The second-order valence-electron chi connectivity index (χ2n) is 19.8. The van der Waals surface area contributed by atoms with Gasteiger partial charge in [-0.3, -0.25) is 0 Å². The number of nitrogens with zero attached hydrogens (tertiary/aromatic N) is 1. The summed E-state index contributed by atoms with van der Waals surface area (Å²) in [5.74, 6) is 3.89. The van der Waals surface area contributed by atoms with Crippen molar-refractivity contribution in [2.45, 2.75) is 75.5 Å². The third-order valence-electron chi connectivity index (χ3n) is 16.7. The molecule has 8 aromatic carbocycles. The summed E-state index contributed by atoms with van der Waals surface area (Å²) >= 11 is 0. The number of para-hydroxylation sites is 2. The Morgan fingerprint density at radius 1 is 0.397 bits per heavy atom. The van der Waals surface area contributed by atoms with Crippen LogP contribution in [0.2, 0.25) is 0 Å². The third kappa shape index (κ3) is 5.88. The first-order valence-electron chi connectivity index (χ1n) is 24.1. The number of anilines is 3. The predicted molar refractivity (Wildman–Crippen MR) is 264 cm³/mol. The fourth-order valence-corrected chi connectivity index (χ4v) is 14.3. The fraction of sp³-hybridized carbons (Fsp3) is 0.258. The molecular weight excluding hydrogens is 759 g/mol. The molecular formula is C62H55N. The van der Waals surface area contributed by atoms with Crippen LogP contribution < -0.4 is 4.90 Å². The van der Waals surface area contributed by atoms with Gasteiger partial charge >= 0.3 is 0 Å². The Hall–Kier alpha value is -6.18. The first kappa shape index (κ1) is 37.4. The first-order valence-corrected chi connectivity index (χ1v) is 24.1. The molecule has 0 amide bonds. The Bertz CT molecular complexity index is 2970. The van der Waals surface area contributed by atoms with Crippen molar-refractivity contribution in [3.05, 3.63) is 199 Å². The second kappa shape index (κ2) is 15.0. The zero-order valence-corrected chi connectivity index (χ0v) is 36.2. The van der Waals surface area contributed by atoms with Crippen LogP contribution in [0.15, 0.2) is 182 Å². The first-order chi connectivity index (χ1) is 31.2. The monoisotopic (exact) mass is 813 g/mol. The Kier molecular flexibility index (Phi) is 8.89. The number of hydrogen-bond acceptors (Lipinski definition) is 1. The lowest BCUT2D eigenvalue weighted by molar-refractivity contribution is -0.0399. The van der Waals surface area contributed by atoms with Crippen LogP contribution in [-0.4, -0.2) is 0 Å². The minimum atomic E-state index is 0.119. The fourth-order valence-electron chi connectivity index (χ4n) is 14.3. The minimum absolute atomic E-state index is 0.119. The van der Waals surface area contributed by atoms with E-state index in [1.54, 1.807) is 11.1 Å². The normalized spacial score (nSPS) is 23.2. The van der Waals surface area contributed by atoms with Crippen LogP contribution in [0, 0.1) is 23.7 Å². The van der Waals surface area contributed by atoms with Crippen molar-refractivity contribution in [3.8, 4) is 44.5 Å². The summed E-state index contributed by atoms with van der Waals surface area (Å²) in [5.41, 5.74) is 19.1. The van der Waals surface area contributed by atoms with Gasteiger partial charge in [-0.05, 0) is 166 Å². The Morgan fingerprint density at radius 2 is 0.968 bits per heavy atom. The zero-order valence-electron chi connectivity index (χ0n) is 36.2. The number of rotatable bonds is 7. The van der Waals surface area contributed by atoms with Crippen LogP contribution in [0.3, 0.4) is 0 Å². The molecule has 0 aromatic heterocycles. The van der Waals surface area contributed by atoms with Crippen molar-refractivity contribution < 1.29 is 0 Å². The van der Waals surface area contributed by atoms with Crippen LogP contribution in [0.5, 0.6) is 0 Å². The quantitative estimate of drug-likeness (QED) is 0.155. The summed E-state index contributed by atoms with van der Waals surface area (Å²) < 4.78 is 0. The van der Waals surface area contributed by atoms with Crippen LogP contribution >= 0.6 is 0 Å². The molecule has 1 heteroatoms. The standard InChI is InChI=1S/C62H55N/c1-3-15-43(16-4-1)44-29-32-50(33-30-44)63(60-28-12-9-23-55(60)56-25-14-20-46-19-13-24-52(61(46)56)45-17-5-2-6-18-45)59-27-11-8-21-51(59)47-31-34-54-53-22-7-10-26-57(53)62(58(54)40-47)48-36-41-35-42(38-48)39-49(62)37-41/h1,3-4,7-16,19-34,40-42,45,48-49H,2,5-6,17-18,35-39H2. The molecule has 0 N–H and O–H groups in total. The molecule has 0 saturated heterocycles. The molecule has 6 aliphatic carbocycles. The highest BCUT2D eigenvalue weighted by Crippen LogP contribution is 2.69. The molecule has 14 rings (SSSR count). The lowest BCUT2D eigenvalue weighted by atomic mass is 9.43. The van der Waals surface area contributed by atoms with Gasteiger partial charge in [0.2, 0.25) is 0 Å². The lowest BCUT2D eigenvalue weighted by Gasteiger charge is -2.61. The van der Waals surface area contributed by atoms with Crippen LogP contribution in [0.4, 0.5) is 17.1 Å². The van der Waals surface area contributed by atoms with Gasteiger partial charge in [0, 0.05) is 22.2 Å². The Labute approximate surface area is 373 Å². The summed E-state index contributed by atoms with van der Waals surface area (Å²) in [6, 6.07) is 69.7. The van der Waals surface area contributed by atoms with E-state index in [9.17, 15) is 0 Å². The highest BCUT2D eigenvalue weighted by molar-refractivity contribution is 6.04. The van der Waals surface area contributed by atoms with E-state index in [2.05, 4.69) is 187 Å². The highest BCUT2D eigenvalue weighted by Gasteiger charge is 2.61. The van der Waals surface area contributed by atoms with Crippen molar-refractivity contribution in [1.29, 1.82) is 0 Å². The molecule has 0 aliphatic heterocycles. The van der Waals surface area contributed by atoms with E-state index >= 15 is 0 Å². The molecule has 0 unspecified atom stereocenters. The summed E-state index contributed by atoms with van der Waals surface area (Å²) in [5, 5.41) is 2.76. The molecule has 5 fully saturated rings. The molecule has 1 spiro atoms. The van der Waals surface area contributed by atoms with E-state index in [0.717, 1.165) is 29.4 Å². The van der Waals surface area contributed by atoms with Crippen molar-refractivity contribution in [3.63, 3.8) is 0 Å².